The van der Waals surface area contributed by atoms with Crippen LogP contribution in [0.1, 0.15) is 32.8 Å². The minimum atomic E-state index is -2.69. The van der Waals surface area contributed by atoms with Gasteiger partial charge in [0.2, 0.25) is 0 Å². The molecule has 0 saturated heterocycles. The van der Waals surface area contributed by atoms with Crippen molar-refractivity contribution in [2.75, 3.05) is 19.8 Å². The molecule has 1 unspecified atom stereocenters. The number of rotatable bonds is 10. The molecule has 20 heavy (non-hydrogen) atoms. The summed E-state index contributed by atoms with van der Waals surface area (Å²) in [5.41, 5.74) is 1.30. The number of hydrogen-bond donors (Lipinski definition) is 1. The summed E-state index contributed by atoms with van der Waals surface area (Å²) in [6.07, 6.45) is 1.84. The van der Waals surface area contributed by atoms with E-state index in [9.17, 15) is 0 Å². The van der Waals surface area contributed by atoms with Gasteiger partial charge in [0.05, 0.1) is 4.87 Å². The number of hydrogen-bond acceptors (Lipinski definition) is 4. The van der Waals surface area contributed by atoms with Gasteiger partial charge in [-0.05, 0) is 39.2 Å². The molecule has 0 heterocycles. The number of aryl methyl sites for hydroxylation is 1. The van der Waals surface area contributed by atoms with Crippen LogP contribution in [0, 0.1) is 0 Å². The molecule has 0 saturated carbocycles. The van der Waals surface area contributed by atoms with Gasteiger partial charge in [0.15, 0.2) is 0 Å². The first-order valence-electron chi connectivity index (χ1n) is 7.32. The first kappa shape index (κ1) is 17.7. The second-order valence-electron chi connectivity index (χ2n) is 4.44. The van der Waals surface area contributed by atoms with E-state index in [1.807, 2.05) is 26.8 Å². The van der Waals surface area contributed by atoms with E-state index in [2.05, 4.69) is 24.3 Å². The fourth-order valence-corrected chi connectivity index (χ4v) is 5.47. The molecule has 0 aliphatic rings. The zero-order chi connectivity index (χ0) is 14.8. The van der Waals surface area contributed by atoms with Crippen LogP contribution in [-0.2, 0) is 19.7 Å². The monoisotopic (exact) mass is 314 g/mol. The van der Waals surface area contributed by atoms with Gasteiger partial charge >= 0.3 is 8.80 Å². The van der Waals surface area contributed by atoms with Gasteiger partial charge in [-0.15, -0.1) is 0 Å². The highest BCUT2D eigenvalue weighted by Crippen LogP contribution is 2.24. The van der Waals surface area contributed by atoms with E-state index in [1.165, 1.54) is 5.56 Å². The molecule has 3 nitrogen and oxygen atoms in total. The summed E-state index contributed by atoms with van der Waals surface area (Å²) >= 11 is 4.73. The Morgan fingerprint density at radius 2 is 1.45 bits per heavy atom. The van der Waals surface area contributed by atoms with Crippen LogP contribution >= 0.6 is 12.6 Å². The molecule has 0 aromatic heterocycles. The largest absolute Gasteiger partial charge is 0.514 e. The number of thiol groups is 1. The Kier molecular flexibility index (Phi) is 8.48. The van der Waals surface area contributed by atoms with E-state index in [1.54, 1.807) is 0 Å². The minimum absolute atomic E-state index is 0.00237. The van der Waals surface area contributed by atoms with Gasteiger partial charge in [0.1, 0.15) is 0 Å². The predicted molar refractivity (Wildman–Crippen MR) is 88.2 cm³/mol. The van der Waals surface area contributed by atoms with E-state index in [0.29, 0.717) is 19.8 Å². The Morgan fingerprint density at radius 3 is 1.90 bits per heavy atom. The Labute approximate surface area is 129 Å². The van der Waals surface area contributed by atoms with Crippen molar-refractivity contribution >= 4 is 21.4 Å². The molecule has 1 aromatic carbocycles. The molecule has 0 fully saturated rings. The quantitative estimate of drug-likeness (QED) is 0.529. The highest BCUT2D eigenvalue weighted by Gasteiger charge is 2.47. The van der Waals surface area contributed by atoms with E-state index in [-0.39, 0.29) is 4.87 Å². The Morgan fingerprint density at radius 1 is 0.950 bits per heavy atom. The molecule has 1 atom stereocenters. The molecule has 0 amide bonds. The van der Waals surface area contributed by atoms with Gasteiger partial charge in [0, 0.05) is 19.8 Å². The Balaban J connectivity index is 2.68. The summed E-state index contributed by atoms with van der Waals surface area (Å²) in [6, 6.07) is 10.4. The normalized spacial score (nSPS) is 13.4. The lowest BCUT2D eigenvalue weighted by Gasteiger charge is -2.32. The van der Waals surface area contributed by atoms with Crippen molar-refractivity contribution in [3.8, 4) is 0 Å². The smallest absolute Gasteiger partial charge is 0.373 e. The van der Waals surface area contributed by atoms with Crippen LogP contribution in [0.3, 0.4) is 0 Å². The maximum Gasteiger partial charge on any atom is 0.514 e. The van der Waals surface area contributed by atoms with Crippen LogP contribution in [0.5, 0.6) is 0 Å². The molecule has 114 valence electrons. The summed E-state index contributed by atoms with van der Waals surface area (Å²) in [5.74, 6) is 0. The third-order valence-corrected chi connectivity index (χ3v) is 7.38. The Hall–Kier alpha value is -0.333. The summed E-state index contributed by atoms with van der Waals surface area (Å²) in [4.78, 5) is 0.00237. The van der Waals surface area contributed by atoms with E-state index < -0.39 is 8.80 Å². The lowest BCUT2D eigenvalue weighted by molar-refractivity contribution is 0.0690. The number of benzene rings is 1. The van der Waals surface area contributed by atoms with Crippen LogP contribution in [0.2, 0.25) is 0 Å². The summed E-state index contributed by atoms with van der Waals surface area (Å²) in [6.45, 7) is 7.68. The average Bonchev–Trinajstić information content (AvgIpc) is 2.46. The van der Waals surface area contributed by atoms with Crippen molar-refractivity contribution in [1.29, 1.82) is 0 Å². The summed E-state index contributed by atoms with van der Waals surface area (Å²) < 4.78 is 17.6. The topological polar surface area (TPSA) is 27.7 Å². The molecule has 0 N–H and O–H groups in total. The van der Waals surface area contributed by atoms with Crippen LogP contribution < -0.4 is 0 Å². The first-order chi connectivity index (χ1) is 9.68. The van der Waals surface area contributed by atoms with Gasteiger partial charge in [-0.2, -0.15) is 12.6 Å². The first-order valence-corrected chi connectivity index (χ1v) is 9.64. The van der Waals surface area contributed by atoms with Gasteiger partial charge in [0.25, 0.3) is 0 Å². The van der Waals surface area contributed by atoms with Crippen LogP contribution in [0.15, 0.2) is 30.3 Å². The van der Waals surface area contributed by atoms with Gasteiger partial charge in [-0.3, -0.25) is 0 Å². The van der Waals surface area contributed by atoms with Gasteiger partial charge in [-0.25, -0.2) is 0 Å². The standard InChI is InChI=1S/C15H26O3SSi/c1-4-16-20(17-5-2,18-6-3)15(19)13-12-14-10-8-7-9-11-14/h7-11,15,19H,4-6,12-13H2,1-3H3. The molecule has 5 heteroatoms. The van der Waals surface area contributed by atoms with E-state index in [4.69, 9.17) is 25.9 Å². The maximum atomic E-state index is 5.88. The second kappa shape index (κ2) is 9.58. The van der Waals surface area contributed by atoms with E-state index >= 15 is 0 Å². The minimum Gasteiger partial charge on any atom is -0.373 e. The molecule has 0 spiro atoms. The van der Waals surface area contributed by atoms with Crippen molar-refractivity contribution < 1.29 is 13.3 Å². The summed E-state index contributed by atoms with van der Waals surface area (Å²) in [5, 5.41) is 0. The zero-order valence-corrected chi connectivity index (χ0v) is 14.6. The fraction of sp³-hybridized carbons (Fsp3) is 0.600. The molecule has 0 aliphatic heterocycles. The van der Waals surface area contributed by atoms with Crippen LogP contribution in [-0.4, -0.2) is 33.5 Å². The highest BCUT2D eigenvalue weighted by atomic mass is 32.1. The molecule has 1 aromatic rings. The van der Waals surface area contributed by atoms with Crippen molar-refractivity contribution in [3.05, 3.63) is 35.9 Å². The third kappa shape index (κ3) is 5.22. The molecular formula is C15H26O3SSi. The average molecular weight is 315 g/mol. The lowest BCUT2D eigenvalue weighted by atomic mass is 10.1. The van der Waals surface area contributed by atoms with Gasteiger partial charge < -0.3 is 13.3 Å². The summed E-state index contributed by atoms with van der Waals surface area (Å²) in [7, 11) is -2.69. The lowest BCUT2D eigenvalue weighted by Crippen LogP contribution is -2.54. The van der Waals surface area contributed by atoms with Crippen molar-refractivity contribution in [3.63, 3.8) is 0 Å². The molecule has 1 rings (SSSR count). The predicted octanol–water partition coefficient (Wildman–Crippen LogP) is 3.51. The molecule has 0 radical (unpaired) electrons. The van der Waals surface area contributed by atoms with Crippen LogP contribution in [0.25, 0.3) is 0 Å². The van der Waals surface area contributed by atoms with Crippen molar-refractivity contribution in [2.24, 2.45) is 0 Å². The van der Waals surface area contributed by atoms with E-state index in [0.717, 1.165) is 12.8 Å². The molecular weight excluding hydrogens is 288 g/mol. The highest BCUT2D eigenvalue weighted by molar-refractivity contribution is 7.83. The Bertz CT molecular complexity index is 344. The maximum absolute atomic E-state index is 5.88. The fourth-order valence-electron chi connectivity index (χ4n) is 2.14. The van der Waals surface area contributed by atoms with Gasteiger partial charge in [-0.1, -0.05) is 30.3 Å². The van der Waals surface area contributed by atoms with Crippen molar-refractivity contribution in [1.82, 2.24) is 0 Å². The van der Waals surface area contributed by atoms with Crippen LogP contribution in [0.4, 0.5) is 0 Å². The SMILES string of the molecule is CCO[Si](OCC)(OCC)C(S)CCc1ccccc1. The zero-order valence-electron chi connectivity index (χ0n) is 12.7. The third-order valence-electron chi connectivity index (χ3n) is 2.99. The van der Waals surface area contributed by atoms with Crippen molar-refractivity contribution in [2.45, 2.75) is 38.5 Å². The molecule has 0 aliphatic carbocycles. The molecule has 0 bridgehead atoms. The second-order valence-corrected chi connectivity index (χ2v) is 8.32.